The molecular formula is C17H22N4O3S. The average Bonchev–Trinajstić information content (AvgIpc) is 2.81. The second-order valence-corrected chi connectivity index (χ2v) is 8.33. The number of aromatic nitrogens is 2. The highest BCUT2D eigenvalue weighted by Gasteiger charge is 2.22. The fourth-order valence-corrected chi connectivity index (χ4v) is 3.75. The summed E-state index contributed by atoms with van der Waals surface area (Å²) >= 11 is 0. The van der Waals surface area contributed by atoms with Gasteiger partial charge in [-0.2, -0.15) is 9.40 Å². The summed E-state index contributed by atoms with van der Waals surface area (Å²) in [5.41, 5.74) is 3.22. The van der Waals surface area contributed by atoms with Gasteiger partial charge >= 0.3 is 0 Å². The number of carbonyl (C=O) groups excluding carboxylic acids is 1. The Labute approximate surface area is 147 Å². The van der Waals surface area contributed by atoms with Gasteiger partial charge in [0.05, 0.1) is 30.7 Å². The zero-order chi connectivity index (χ0) is 18.0. The van der Waals surface area contributed by atoms with Crippen molar-refractivity contribution in [2.75, 3.05) is 12.8 Å². The van der Waals surface area contributed by atoms with Gasteiger partial charge in [0.25, 0.3) is 5.91 Å². The van der Waals surface area contributed by atoms with E-state index in [1.165, 1.54) is 10.6 Å². The van der Waals surface area contributed by atoms with Crippen LogP contribution >= 0.6 is 0 Å². The summed E-state index contributed by atoms with van der Waals surface area (Å²) in [6.45, 7) is 3.74. The molecule has 0 unspecified atom stereocenters. The van der Waals surface area contributed by atoms with E-state index < -0.39 is 10.0 Å². The Morgan fingerprint density at radius 2 is 2.08 bits per heavy atom. The Balaban J connectivity index is 1.68. The van der Waals surface area contributed by atoms with Gasteiger partial charge in [0.15, 0.2) is 0 Å². The first-order chi connectivity index (χ1) is 11.8. The van der Waals surface area contributed by atoms with Gasteiger partial charge in [-0.05, 0) is 31.5 Å². The number of hydrogen-bond donors (Lipinski definition) is 1. The normalized spacial score (nSPS) is 15.4. The molecule has 2 heterocycles. The molecule has 1 N–H and O–H groups in total. The number of hydrogen-bond acceptors (Lipinski definition) is 4. The Kier molecular flexibility index (Phi) is 4.91. The minimum absolute atomic E-state index is 0.148. The number of sulfonamides is 1. The van der Waals surface area contributed by atoms with E-state index in [0.717, 1.165) is 23.4 Å². The molecule has 0 radical (unpaired) electrons. The fourth-order valence-electron chi connectivity index (χ4n) is 2.92. The lowest BCUT2D eigenvalue weighted by Crippen LogP contribution is -2.29. The summed E-state index contributed by atoms with van der Waals surface area (Å²) in [6, 6.07) is 9.26. The van der Waals surface area contributed by atoms with Crippen LogP contribution < -0.4 is 5.32 Å². The minimum atomic E-state index is -3.23. The standard InChI is InChI=1S/C17H22N4O3S/c1-13-5-3-6-14(9-13)17(22)18-11-15-10-16-12-20(25(2,23)24)7-4-8-21(16)19-15/h3,5-6,9-10H,4,7-8,11-12H2,1-2H3,(H,18,22). The molecule has 7 nitrogen and oxygen atoms in total. The zero-order valence-electron chi connectivity index (χ0n) is 14.4. The van der Waals surface area contributed by atoms with E-state index in [2.05, 4.69) is 10.4 Å². The largest absolute Gasteiger partial charge is 0.346 e. The molecule has 0 bridgehead atoms. The van der Waals surface area contributed by atoms with Crippen LogP contribution in [0.15, 0.2) is 30.3 Å². The first kappa shape index (κ1) is 17.6. The van der Waals surface area contributed by atoms with Crippen molar-refractivity contribution in [1.29, 1.82) is 0 Å². The van der Waals surface area contributed by atoms with Crippen molar-refractivity contribution in [3.05, 3.63) is 52.8 Å². The molecule has 1 aliphatic heterocycles. The van der Waals surface area contributed by atoms with Gasteiger partial charge in [0.1, 0.15) is 0 Å². The molecule has 8 heteroatoms. The monoisotopic (exact) mass is 362 g/mol. The molecule has 3 rings (SSSR count). The molecule has 1 amide bonds. The third-order valence-corrected chi connectivity index (χ3v) is 5.46. The summed E-state index contributed by atoms with van der Waals surface area (Å²) in [4.78, 5) is 12.2. The van der Waals surface area contributed by atoms with Crippen LogP contribution in [0.25, 0.3) is 0 Å². The van der Waals surface area contributed by atoms with E-state index in [4.69, 9.17) is 0 Å². The molecule has 0 spiro atoms. The van der Waals surface area contributed by atoms with Gasteiger partial charge in [0, 0.05) is 18.7 Å². The van der Waals surface area contributed by atoms with E-state index in [1.54, 1.807) is 6.07 Å². The second-order valence-electron chi connectivity index (χ2n) is 6.35. The summed E-state index contributed by atoms with van der Waals surface area (Å²) in [5, 5.41) is 7.35. The number of amides is 1. The first-order valence-corrected chi connectivity index (χ1v) is 10.0. The minimum Gasteiger partial charge on any atom is -0.346 e. The van der Waals surface area contributed by atoms with E-state index in [1.807, 2.05) is 35.9 Å². The van der Waals surface area contributed by atoms with Crippen molar-refractivity contribution in [3.8, 4) is 0 Å². The van der Waals surface area contributed by atoms with Crippen molar-refractivity contribution in [1.82, 2.24) is 19.4 Å². The molecule has 0 fully saturated rings. The van der Waals surface area contributed by atoms with Crippen LogP contribution in [0.3, 0.4) is 0 Å². The van der Waals surface area contributed by atoms with Crippen molar-refractivity contribution >= 4 is 15.9 Å². The summed E-state index contributed by atoms with van der Waals surface area (Å²) < 4.78 is 26.9. The van der Waals surface area contributed by atoms with E-state index in [9.17, 15) is 13.2 Å². The predicted molar refractivity (Wildman–Crippen MR) is 94.4 cm³/mol. The highest BCUT2D eigenvalue weighted by Crippen LogP contribution is 2.16. The van der Waals surface area contributed by atoms with E-state index in [0.29, 0.717) is 31.7 Å². The predicted octanol–water partition coefficient (Wildman–Crippen LogP) is 1.29. The summed E-state index contributed by atoms with van der Waals surface area (Å²) in [5.74, 6) is -0.148. The topological polar surface area (TPSA) is 84.3 Å². The van der Waals surface area contributed by atoms with Crippen LogP contribution in [0.1, 0.15) is 33.7 Å². The van der Waals surface area contributed by atoms with Crippen LogP contribution in [0.4, 0.5) is 0 Å². The Morgan fingerprint density at radius 3 is 2.80 bits per heavy atom. The van der Waals surface area contributed by atoms with Crippen molar-refractivity contribution in [2.45, 2.75) is 33.0 Å². The quantitative estimate of drug-likeness (QED) is 0.888. The lowest BCUT2D eigenvalue weighted by molar-refractivity contribution is 0.0950. The molecule has 1 aromatic heterocycles. The second kappa shape index (κ2) is 6.97. The molecule has 134 valence electrons. The van der Waals surface area contributed by atoms with Gasteiger partial charge in [-0.1, -0.05) is 17.7 Å². The van der Waals surface area contributed by atoms with Gasteiger partial charge in [-0.3, -0.25) is 9.48 Å². The van der Waals surface area contributed by atoms with Crippen molar-refractivity contribution in [2.24, 2.45) is 0 Å². The highest BCUT2D eigenvalue weighted by molar-refractivity contribution is 7.88. The van der Waals surface area contributed by atoms with Crippen molar-refractivity contribution < 1.29 is 13.2 Å². The lowest BCUT2D eigenvalue weighted by atomic mass is 10.1. The number of nitrogens with zero attached hydrogens (tertiary/aromatic N) is 3. The van der Waals surface area contributed by atoms with Crippen LogP contribution in [-0.4, -0.2) is 41.2 Å². The SMILES string of the molecule is Cc1cccc(C(=O)NCc2cc3n(n2)CCCN(S(C)(=O)=O)C3)c1. The summed E-state index contributed by atoms with van der Waals surface area (Å²) in [6.07, 6.45) is 1.94. The van der Waals surface area contributed by atoms with Crippen LogP contribution in [0.2, 0.25) is 0 Å². The number of carbonyl (C=O) groups is 1. The molecule has 0 aliphatic carbocycles. The fraction of sp³-hybridized carbons (Fsp3) is 0.412. The van der Waals surface area contributed by atoms with Crippen molar-refractivity contribution in [3.63, 3.8) is 0 Å². The lowest BCUT2D eigenvalue weighted by Gasteiger charge is -2.16. The molecule has 2 aromatic rings. The third kappa shape index (κ3) is 4.26. The number of fused-ring (bicyclic) bond motifs is 1. The highest BCUT2D eigenvalue weighted by atomic mass is 32.2. The maximum Gasteiger partial charge on any atom is 0.251 e. The smallest absolute Gasteiger partial charge is 0.251 e. The van der Waals surface area contributed by atoms with Crippen LogP contribution in [0.5, 0.6) is 0 Å². The maximum absolute atomic E-state index is 12.2. The number of aryl methyl sites for hydroxylation is 2. The summed E-state index contributed by atoms with van der Waals surface area (Å²) in [7, 11) is -3.23. The molecule has 1 aliphatic rings. The van der Waals surface area contributed by atoms with Gasteiger partial charge in [-0.15, -0.1) is 0 Å². The van der Waals surface area contributed by atoms with Gasteiger partial charge in [-0.25, -0.2) is 8.42 Å². The maximum atomic E-state index is 12.2. The number of rotatable bonds is 4. The Morgan fingerprint density at radius 1 is 1.28 bits per heavy atom. The number of benzene rings is 1. The van der Waals surface area contributed by atoms with Crippen LogP contribution in [0, 0.1) is 6.92 Å². The third-order valence-electron chi connectivity index (χ3n) is 4.21. The average molecular weight is 362 g/mol. The number of nitrogens with one attached hydrogen (secondary N) is 1. The van der Waals surface area contributed by atoms with Gasteiger partial charge < -0.3 is 5.32 Å². The Hall–Kier alpha value is -2.19. The molecule has 1 aromatic carbocycles. The first-order valence-electron chi connectivity index (χ1n) is 8.18. The van der Waals surface area contributed by atoms with E-state index >= 15 is 0 Å². The molecule has 25 heavy (non-hydrogen) atoms. The van der Waals surface area contributed by atoms with E-state index in [-0.39, 0.29) is 5.91 Å². The van der Waals surface area contributed by atoms with Crippen LogP contribution in [-0.2, 0) is 29.7 Å². The Bertz CT molecular complexity index is 889. The van der Waals surface area contributed by atoms with Gasteiger partial charge in [0.2, 0.25) is 10.0 Å². The molecule has 0 atom stereocenters. The zero-order valence-corrected chi connectivity index (χ0v) is 15.2. The molecule has 0 saturated heterocycles. The molecular weight excluding hydrogens is 340 g/mol. The molecule has 0 saturated carbocycles.